The molecule has 0 bridgehead atoms. The molecule has 0 saturated heterocycles. The number of likely N-dealkylation sites (N-methyl/N-ethyl adjacent to an activating group) is 1. The average Bonchev–Trinajstić information content (AvgIpc) is 3.54. The van der Waals surface area contributed by atoms with Crippen LogP contribution in [0.15, 0.2) is 54.9 Å². The summed E-state index contributed by atoms with van der Waals surface area (Å²) in [4.78, 5) is 39.7. The van der Waals surface area contributed by atoms with E-state index in [4.69, 9.17) is 4.98 Å². The maximum atomic E-state index is 12.9. The smallest absolute Gasteiger partial charge is 0.251 e. The quantitative estimate of drug-likeness (QED) is 0.351. The first-order chi connectivity index (χ1) is 17.4. The van der Waals surface area contributed by atoms with Crippen molar-refractivity contribution in [2.24, 2.45) is 0 Å². The highest BCUT2D eigenvalue weighted by molar-refractivity contribution is 6.09. The molecule has 0 unspecified atom stereocenters. The van der Waals surface area contributed by atoms with Crippen molar-refractivity contribution in [2.45, 2.75) is 32.7 Å². The van der Waals surface area contributed by atoms with Gasteiger partial charge in [-0.1, -0.05) is 0 Å². The Morgan fingerprint density at radius 3 is 2.67 bits per heavy atom. The third-order valence-corrected chi connectivity index (χ3v) is 6.91. The minimum atomic E-state index is -0.595. The normalized spacial score (nSPS) is 14.5. The summed E-state index contributed by atoms with van der Waals surface area (Å²) in [6.07, 6.45) is 3.40. The molecule has 1 aliphatic heterocycles. The van der Waals surface area contributed by atoms with Crippen molar-refractivity contribution < 1.29 is 9.59 Å². The molecule has 0 aliphatic carbocycles. The predicted molar refractivity (Wildman–Crippen MR) is 138 cm³/mol. The van der Waals surface area contributed by atoms with Crippen LogP contribution in [0, 0.1) is 0 Å². The van der Waals surface area contributed by atoms with E-state index in [0.717, 1.165) is 38.8 Å². The zero-order chi connectivity index (χ0) is 25.0. The van der Waals surface area contributed by atoms with E-state index in [1.807, 2.05) is 62.1 Å². The Morgan fingerprint density at radius 1 is 1.08 bits per heavy atom. The highest BCUT2D eigenvalue weighted by atomic mass is 16.2. The van der Waals surface area contributed by atoms with Crippen molar-refractivity contribution in [3.63, 3.8) is 0 Å². The van der Waals surface area contributed by atoms with Crippen molar-refractivity contribution in [3.8, 4) is 11.5 Å². The number of fused-ring (bicyclic) bond motifs is 3. The molecule has 0 fully saturated rings. The lowest BCUT2D eigenvalue weighted by Gasteiger charge is -2.18. The van der Waals surface area contributed by atoms with E-state index >= 15 is 0 Å². The Bertz CT molecular complexity index is 1650. The van der Waals surface area contributed by atoms with Crippen molar-refractivity contribution in [2.75, 3.05) is 11.4 Å². The van der Waals surface area contributed by atoms with Gasteiger partial charge in [0.1, 0.15) is 5.69 Å². The van der Waals surface area contributed by atoms with Gasteiger partial charge in [0, 0.05) is 36.4 Å². The number of aromatic nitrogens is 5. The van der Waals surface area contributed by atoms with Crippen LogP contribution in [0.25, 0.3) is 33.5 Å². The molecule has 2 amide bonds. The average molecular weight is 480 g/mol. The van der Waals surface area contributed by atoms with Crippen molar-refractivity contribution in [1.82, 2.24) is 30.5 Å². The van der Waals surface area contributed by atoms with Gasteiger partial charge in [-0.25, -0.2) is 4.98 Å². The van der Waals surface area contributed by atoms with Crippen molar-refractivity contribution in [1.29, 1.82) is 0 Å². The number of hydrogen-bond acceptors (Lipinski definition) is 5. The first kappa shape index (κ1) is 22.0. The van der Waals surface area contributed by atoms with Crippen LogP contribution < -0.4 is 10.2 Å². The third-order valence-electron chi connectivity index (χ3n) is 6.91. The Balaban J connectivity index is 1.35. The fourth-order valence-corrected chi connectivity index (χ4v) is 4.88. The Kier molecular flexibility index (Phi) is 4.89. The standard InChI is InChI=1S/C27H25N7O2/c1-4-34-22-13-21-20(12-18(22)27(2,3)26(34)36)30-24(31-21)23-17-11-16(5-6-19(17)32-33-23)25(35)29-14-15-7-9-28-10-8-15/h5-13H,4,14H2,1-3H3,(H,29,35)(H,30,31)(H,32,33). The van der Waals surface area contributed by atoms with Gasteiger partial charge in [0.15, 0.2) is 5.82 Å². The van der Waals surface area contributed by atoms with Gasteiger partial charge in [-0.3, -0.25) is 19.7 Å². The second-order valence-corrected chi connectivity index (χ2v) is 9.52. The van der Waals surface area contributed by atoms with Gasteiger partial charge in [0.2, 0.25) is 5.91 Å². The van der Waals surface area contributed by atoms with Crippen LogP contribution in [0.5, 0.6) is 0 Å². The summed E-state index contributed by atoms with van der Waals surface area (Å²) in [5.74, 6) is 0.524. The maximum Gasteiger partial charge on any atom is 0.251 e. The SMILES string of the molecule is CCN1C(=O)C(C)(C)c2cc3[nH]c(-c4n[nH]c5ccc(C(=O)NCc6ccncc6)cc45)nc3cc21. The Hall–Kier alpha value is -4.53. The van der Waals surface area contributed by atoms with Gasteiger partial charge in [0.05, 0.1) is 27.7 Å². The summed E-state index contributed by atoms with van der Waals surface area (Å²) < 4.78 is 0. The van der Waals surface area contributed by atoms with Crippen LogP contribution in [0.2, 0.25) is 0 Å². The second kappa shape index (κ2) is 8.01. The van der Waals surface area contributed by atoms with E-state index in [-0.39, 0.29) is 11.8 Å². The molecule has 2 aromatic carbocycles. The Labute approximate surface area is 207 Å². The summed E-state index contributed by atoms with van der Waals surface area (Å²) in [6.45, 7) is 6.91. The molecule has 0 spiro atoms. The van der Waals surface area contributed by atoms with Crippen LogP contribution in [0.4, 0.5) is 5.69 Å². The number of amides is 2. The molecule has 9 nitrogen and oxygen atoms in total. The summed E-state index contributed by atoms with van der Waals surface area (Å²) >= 11 is 0. The molecule has 3 aromatic heterocycles. The number of pyridine rings is 1. The number of nitrogens with zero attached hydrogens (tertiary/aromatic N) is 4. The van der Waals surface area contributed by atoms with E-state index in [1.165, 1.54) is 0 Å². The predicted octanol–water partition coefficient (Wildman–Crippen LogP) is 4.08. The first-order valence-corrected chi connectivity index (χ1v) is 11.9. The molecule has 3 N–H and O–H groups in total. The molecule has 4 heterocycles. The lowest BCUT2D eigenvalue weighted by molar-refractivity contribution is -0.122. The zero-order valence-corrected chi connectivity index (χ0v) is 20.2. The number of rotatable bonds is 5. The first-order valence-electron chi connectivity index (χ1n) is 11.9. The van der Waals surface area contributed by atoms with Gasteiger partial charge >= 0.3 is 0 Å². The highest BCUT2D eigenvalue weighted by Gasteiger charge is 2.43. The summed E-state index contributed by atoms with van der Waals surface area (Å²) in [5, 5.41) is 11.3. The summed E-state index contributed by atoms with van der Waals surface area (Å²) in [5.41, 5.74) is 5.84. The van der Waals surface area contributed by atoms with E-state index in [0.29, 0.717) is 30.2 Å². The van der Waals surface area contributed by atoms with Crippen molar-refractivity contribution >= 4 is 39.4 Å². The largest absolute Gasteiger partial charge is 0.348 e. The highest BCUT2D eigenvalue weighted by Crippen LogP contribution is 2.43. The van der Waals surface area contributed by atoms with Crippen LogP contribution in [-0.2, 0) is 16.8 Å². The second-order valence-electron chi connectivity index (χ2n) is 9.52. The molecule has 0 radical (unpaired) electrons. The molecule has 6 rings (SSSR count). The number of carbonyl (C=O) groups excluding carboxylic acids is 2. The van der Waals surface area contributed by atoms with Crippen LogP contribution in [0.1, 0.15) is 42.3 Å². The molecule has 36 heavy (non-hydrogen) atoms. The van der Waals surface area contributed by atoms with Crippen molar-refractivity contribution in [3.05, 3.63) is 71.5 Å². The number of aromatic amines is 2. The zero-order valence-electron chi connectivity index (χ0n) is 20.2. The number of anilines is 1. The monoisotopic (exact) mass is 479 g/mol. The van der Waals surface area contributed by atoms with E-state index in [2.05, 4.69) is 25.5 Å². The maximum absolute atomic E-state index is 12.9. The van der Waals surface area contributed by atoms with E-state index in [9.17, 15) is 9.59 Å². The number of carbonyl (C=O) groups is 2. The summed E-state index contributed by atoms with van der Waals surface area (Å²) in [6, 6.07) is 13.2. The van der Waals surface area contributed by atoms with Gasteiger partial charge in [0.25, 0.3) is 5.91 Å². The minimum Gasteiger partial charge on any atom is -0.348 e. The van der Waals surface area contributed by atoms with Gasteiger partial charge in [-0.15, -0.1) is 0 Å². The molecule has 180 valence electrons. The van der Waals surface area contributed by atoms with E-state index < -0.39 is 5.41 Å². The fraction of sp³-hybridized carbons (Fsp3) is 0.222. The van der Waals surface area contributed by atoms with Crippen LogP contribution in [0.3, 0.4) is 0 Å². The molecular formula is C27H25N7O2. The topological polar surface area (TPSA) is 120 Å². The van der Waals surface area contributed by atoms with E-state index in [1.54, 1.807) is 18.5 Å². The van der Waals surface area contributed by atoms with Crippen LogP contribution >= 0.6 is 0 Å². The van der Waals surface area contributed by atoms with Gasteiger partial charge < -0.3 is 15.2 Å². The fourth-order valence-electron chi connectivity index (χ4n) is 4.88. The van der Waals surface area contributed by atoms with Crippen LogP contribution in [-0.4, -0.2) is 43.5 Å². The molecule has 1 aliphatic rings. The molecule has 5 aromatic rings. The Morgan fingerprint density at radius 2 is 1.89 bits per heavy atom. The molecule has 0 atom stereocenters. The molecule has 9 heteroatoms. The minimum absolute atomic E-state index is 0.0981. The lowest BCUT2D eigenvalue weighted by Crippen LogP contribution is -2.35. The lowest BCUT2D eigenvalue weighted by atomic mass is 9.86. The van der Waals surface area contributed by atoms with Gasteiger partial charge in [-0.05, 0) is 74.4 Å². The third kappa shape index (κ3) is 3.35. The number of H-pyrrole nitrogens is 2. The summed E-state index contributed by atoms with van der Waals surface area (Å²) in [7, 11) is 0. The van der Waals surface area contributed by atoms with Gasteiger partial charge in [-0.2, -0.15) is 5.10 Å². The molecular weight excluding hydrogens is 454 g/mol. The molecule has 0 saturated carbocycles. The number of hydrogen-bond donors (Lipinski definition) is 3. The number of imidazole rings is 1. The number of benzene rings is 2. The number of nitrogens with one attached hydrogen (secondary N) is 3.